The second kappa shape index (κ2) is 6.97. The van der Waals surface area contributed by atoms with Gasteiger partial charge in [-0.2, -0.15) is 0 Å². The number of ether oxygens (including phenoxy) is 1. The van der Waals surface area contributed by atoms with E-state index in [1.165, 1.54) is 0 Å². The molecule has 4 aromatic carbocycles. The molecule has 5 rings (SSSR count). The first-order chi connectivity index (χ1) is 13.7. The predicted octanol–water partition coefficient (Wildman–Crippen LogP) is 7.08. The fraction of sp³-hybridized carbons (Fsp3) is 0.0417. The van der Waals surface area contributed by atoms with Gasteiger partial charge in [-0.3, -0.25) is 0 Å². The summed E-state index contributed by atoms with van der Waals surface area (Å²) in [6.45, 7) is 0. The fourth-order valence-corrected chi connectivity index (χ4v) is 3.82. The summed E-state index contributed by atoms with van der Waals surface area (Å²) in [4.78, 5) is 4.98. The van der Waals surface area contributed by atoms with E-state index >= 15 is 0 Å². The van der Waals surface area contributed by atoms with Gasteiger partial charge in [-0.15, -0.1) is 0 Å². The Hall–Kier alpha value is -2.81. The van der Waals surface area contributed by atoms with E-state index in [9.17, 15) is 0 Å². The zero-order valence-corrected chi connectivity index (χ0v) is 16.3. The molecule has 0 aliphatic carbocycles. The van der Waals surface area contributed by atoms with Crippen molar-refractivity contribution in [2.45, 2.75) is 6.04 Å². The summed E-state index contributed by atoms with van der Waals surface area (Å²) in [6.07, 6.45) is 0. The number of hydrogen-bond donors (Lipinski definition) is 0. The zero-order valence-electron chi connectivity index (χ0n) is 14.8. The predicted molar refractivity (Wildman–Crippen MR) is 116 cm³/mol. The highest BCUT2D eigenvalue weighted by Gasteiger charge is 2.27. The van der Waals surface area contributed by atoms with E-state index in [4.69, 9.17) is 32.9 Å². The number of halogens is 2. The molecule has 1 aliphatic rings. The Labute approximate surface area is 173 Å². The maximum Gasteiger partial charge on any atom is 0.222 e. The molecule has 1 heterocycles. The summed E-state index contributed by atoms with van der Waals surface area (Å²) in [5, 5.41) is 3.68. The van der Waals surface area contributed by atoms with Crippen molar-refractivity contribution in [2.24, 2.45) is 4.99 Å². The minimum absolute atomic E-state index is 0.183. The van der Waals surface area contributed by atoms with Gasteiger partial charge in [0.15, 0.2) is 0 Å². The topological polar surface area (TPSA) is 21.6 Å². The number of nitrogens with zero attached hydrogens (tertiary/aromatic N) is 1. The Morgan fingerprint density at radius 3 is 2.14 bits per heavy atom. The normalized spacial score (nSPS) is 15.6. The molecule has 0 aromatic heterocycles. The Balaban J connectivity index is 1.73. The van der Waals surface area contributed by atoms with Gasteiger partial charge in [0.1, 0.15) is 11.8 Å². The summed E-state index contributed by atoms with van der Waals surface area (Å²) in [5.74, 6) is 1.40. The SMILES string of the molecule is Clc1ccc(C2=NC(c3ccc(Cl)cc3)c3c(ccc4ccccc34)O2)cc1. The van der Waals surface area contributed by atoms with E-state index in [0.717, 1.165) is 33.2 Å². The van der Waals surface area contributed by atoms with Crippen LogP contribution in [0.25, 0.3) is 10.8 Å². The second-order valence-electron chi connectivity index (χ2n) is 6.70. The highest BCUT2D eigenvalue weighted by Crippen LogP contribution is 2.42. The maximum absolute atomic E-state index is 6.22. The van der Waals surface area contributed by atoms with Crippen molar-refractivity contribution in [2.75, 3.05) is 0 Å². The minimum atomic E-state index is -0.183. The van der Waals surface area contributed by atoms with Crippen LogP contribution in [-0.2, 0) is 0 Å². The molecule has 0 N–H and O–H groups in total. The monoisotopic (exact) mass is 403 g/mol. The van der Waals surface area contributed by atoms with Crippen molar-refractivity contribution in [3.63, 3.8) is 0 Å². The van der Waals surface area contributed by atoms with Crippen LogP contribution in [0.4, 0.5) is 0 Å². The van der Waals surface area contributed by atoms with Crippen LogP contribution in [0.2, 0.25) is 10.0 Å². The van der Waals surface area contributed by atoms with Crippen LogP contribution in [-0.4, -0.2) is 5.90 Å². The fourth-order valence-electron chi connectivity index (χ4n) is 3.57. The van der Waals surface area contributed by atoms with Crippen LogP contribution < -0.4 is 4.74 Å². The summed E-state index contributed by atoms with van der Waals surface area (Å²) in [7, 11) is 0. The van der Waals surface area contributed by atoms with E-state index in [1.807, 2.05) is 66.7 Å². The summed E-state index contributed by atoms with van der Waals surface area (Å²) < 4.78 is 6.22. The number of rotatable bonds is 2. The van der Waals surface area contributed by atoms with Crippen molar-refractivity contribution >= 4 is 39.9 Å². The van der Waals surface area contributed by atoms with Crippen molar-refractivity contribution in [1.29, 1.82) is 0 Å². The van der Waals surface area contributed by atoms with E-state index in [-0.39, 0.29) is 6.04 Å². The molecule has 0 saturated carbocycles. The van der Waals surface area contributed by atoms with Crippen molar-refractivity contribution in [3.05, 3.63) is 112 Å². The molecule has 4 heteroatoms. The Morgan fingerprint density at radius 2 is 1.39 bits per heavy atom. The molecule has 0 bridgehead atoms. The Morgan fingerprint density at radius 1 is 0.714 bits per heavy atom. The molecule has 0 saturated heterocycles. The Bertz CT molecular complexity index is 1200. The molecule has 2 nitrogen and oxygen atoms in total. The minimum Gasteiger partial charge on any atom is -0.438 e. The summed E-state index contributed by atoms with van der Waals surface area (Å²) >= 11 is 12.2. The van der Waals surface area contributed by atoms with Gasteiger partial charge >= 0.3 is 0 Å². The molecule has 0 amide bonds. The van der Waals surface area contributed by atoms with E-state index in [0.29, 0.717) is 15.9 Å². The molecular weight excluding hydrogens is 389 g/mol. The molecular formula is C24H15Cl2NO. The number of hydrogen-bond acceptors (Lipinski definition) is 2. The van der Waals surface area contributed by atoms with E-state index in [2.05, 4.69) is 18.2 Å². The first kappa shape index (κ1) is 17.3. The molecule has 0 fully saturated rings. The summed E-state index contributed by atoms with van der Waals surface area (Å²) in [6, 6.07) is 27.6. The van der Waals surface area contributed by atoms with Gasteiger partial charge in [0.25, 0.3) is 0 Å². The van der Waals surface area contributed by atoms with Crippen LogP contribution in [0.1, 0.15) is 22.7 Å². The van der Waals surface area contributed by atoms with Crippen LogP contribution in [0.5, 0.6) is 5.75 Å². The quantitative estimate of drug-likeness (QED) is 0.350. The van der Waals surface area contributed by atoms with Gasteiger partial charge in [-0.25, -0.2) is 4.99 Å². The van der Waals surface area contributed by atoms with Crippen molar-refractivity contribution in [1.82, 2.24) is 0 Å². The highest BCUT2D eigenvalue weighted by molar-refractivity contribution is 6.30. The largest absolute Gasteiger partial charge is 0.438 e. The zero-order chi connectivity index (χ0) is 19.1. The van der Waals surface area contributed by atoms with Crippen LogP contribution >= 0.6 is 23.2 Å². The first-order valence-electron chi connectivity index (χ1n) is 8.98. The van der Waals surface area contributed by atoms with Crippen LogP contribution in [0.15, 0.2) is 89.9 Å². The lowest BCUT2D eigenvalue weighted by Gasteiger charge is -2.26. The lowest BCUT2D eigenvalue weighted by Crippen LogP contribution is -2.19. The average Bonchev–Trinajstić information content (AvgIpc) is 2.74. The molecule has 4 aromatic rings. The molecule has 0 radical (unpaired) electrons. The van der Waals surface area contributed by atoms with Gasteiger partial charge in [0.2, 0.25) is 5.90 Å². The van der Waals surface area contributed by atoms with Gasteiger partial charge < -0.3 is 4.74 Å². The molecule has 28 heavy (non-hydrogen) atoms. The molecule has 1 atom stereocenters. The lowest BCUT2D eigenvalue weighted by molar-refractivity contribution is 0.514. The highest BCUT2D eigenvalue weighted by atomic mass is 35.5. The lowest BCUT2D eigenvalue weighted by atomic mass is 9.92. The van der Waals surface area contributed by atoms with E-state index < -0.39 is 0 Å². The van der Waals surface area contributed by atoms with E-state index in [1.54, 1.807) is 0 Å². The van der Waals surface area contributed by atoms with Gasteiger partial charge in [-0.1, -0.05) is 65.7 Å². The van der Waals surface area contributed by atoms with Gasteiger partial charge in [0.05, 0.1) is 0 Å². The molecule has 1 unspecified atom stereocenters. The number of benzene rings is 4. The number of fused-ring (bicyclic) bond motifs is 3. The first-order valence-corrected chi connectivity index (χ1v) is 9.73. The molecule has 0 spiro atoms. The molecule has 136 valence electrons. The third-order valence-corrected chi connectivity index (χ3v) is 5.44. The molecule has 1 aliphatic heterocycles. The van der Waals surface area contributed by atoms with Gasteiger partial charge in [0, 0.05) is 21.2 Å². The van der Waals surface area contributed by atoms with Crippen molar-refractivity contribution in [3.8, 4) is 5.75 Å². The van der Waals surface area contributed by atoms with Gasteiger partial charge in [-0.05, 0) is 58.8 Å². The third kappa shape index (κ3) is 3.05. The third-order valence-electron chi connectivity index (χ3n) is 4.93. The maximum atomic E-state index is 6.22. The van der Waals surface area contributed by atoms with Crippen molar-refractivity contribution < 1.29 is 4.74 Å². The van der Waals surface area contributed by atoms with Crippen LogP contribution in [0, 0.1) is 0 Å². The second-order valence-corrected chi connectivity index (χ2v) is 7.57. The summed E-state index contributed by atoms with van der Waals surface area (Å²) in [5.41, 5.74) is 3.03. The van der Waals surface area contributed by atoms with Crippen LogP contribution in [0.3, 0.4) is 0 Å². The Kier molecular flexibility index (Phi) is 4.31. The average molecular weight is 404 g/mol. The smallest absolute Gasteiger partial charge is 0.222 e. The standard InChI is InChI=1S/C24H15Cl2NO/c25-18-10-5-16(6-11-18)23-22-20-4-2-1-3-15(20)9-14-21(22)28-24(27-23)17-7-12-19(26)13-8-17/h1-14,23H. The number of aliphatic imine (C=N–C) groups is 1.